The quantitative estimate of drug-likeness (QED) is 0.752. The number of hydrogen-bond acceptors (Lipinski definition) is 4. The number of amides is 2. The van der Waals surface area contributed by atoms with Crippen molar-refractivity contribution in [2.75, 3.05) is 11.9 Å². The number of benzene rings is 1. The molecule has 0 spiro atoms. The van der Waals surface area contributed by atoms with Gasteiger partial charge >= 0.3 is 12.6 Å². The molecule has 0 saturated heterocycles. The Bertz CT molecular complexity index is 646. The van der Waals surface area contributed by atoms with E-state index in [1.165, 1.54) is 35.6 Å². The van der Waals surface area contributed by atoms with E-state index in [0.29, 0.717) is 10.6 Å². The van der Waals surface area contributed by atoms with E-state index in [2.05, 4.69) is 15.4 Å². The molecule has 0 saturated carbocycles. The highest BCUT2D eigenvalue weighted by molar-refractivity contribution is 7.16. The predicted molar refractivity (Wildman–Crippen MR) is 84.1 cm³/mol. The van der Waals surface area contributed by atoms with Crippen LogP contribution in [-0.2, 0) is 0 Å². The standard InChI is InChI=1S/C15H16F2N2O3S/c1-9-2-7-13(23-9)19-15(21)18-8-12(20)10-3-5-11(6-4-10)22-14(16)17/h2-7,12,14,20H,8H2,1H3,(H2,18,19,21). The van der Waals surface area contributed by atoms with Crippen molar-refractivity contribution in [3.8, 4) is 5.75 Å². The summed E-state index contributed by atoms with van der Waals surface area (Å²) in [7, 11) is 0. The second kappa shape index (κ2) is 7.89. The van der Waals surface area contributed by atoms with Gasteiger partial charge in [0.1, 0.15) is 5.75 Å². The van der Waals surface area contributed by atoms with Gasteiger partial charge in [0.25, 0.3) is 0 Å². The third kappa shape index (κ3) is 5.50. The molecule has 1 unspecified atom stereocenters. The van der Waals surface area contributed by atoms with Crippen LogP contribution in [0.4, 0.5) is 18.6 Å². The zero-order valence-electron chi connectivity index (χ0n) is 12.3. The normalized spacial score (nSPS) is 12.0. The maximum absolute atomic E-state index is 12.0. The van der Waals surface area contributed by atoms with Crippen LogP contribution in [0.5, 0.6) is 5.75 Å². The monoisotopic (exact) mass is 342 g/mol. The van der Waals surface area contributed by atoms with Crippen LogP contribution in [0.1, 0.15) is 16.5 Å². The highest BCUT2D eigenvalue weighted by Gasteiger charge is 2.11. The Kier molecular flexibility index (Phi) is 5.89. The Morgan fingerprint density at radius 1 is 1.26 bits per heavy atom. The van der Waals surface area contributed by atoms with E-state index < -0.39 is 18.7 Å². The van der Waals surface area contributed by atoms with Gasteiger partial charge in [-0.3, -0.25) is 5.32 Å². The highest BCUT2D eigenvalue weighted by atomic mass is 32.1. The lowest BCUT2D eigenvalue weighted by Gasteiger charge is -2.13. The number of aryl methyl sites for hydroxylation is 1. The third-order valence-electron chi connectivity index (χ3n) is 2.92. The lowest BCUT2D eigenvalue weighted by molar-refractivity contribution is -0.0498. The number of carbonyl (C=O) groups is 1. The summed E-state index contributed by atoms with van der Waals surface area (Å²) in [5.41, 5.74) is 0.485. The molecule has 1 aromatic heterocycles. The first kappa shape index (κ1) is 17.2. The van der Waals surface area contributed by atoms with Gasteiger partial charge in [0.15, 0.2) is 0 Å². The number of hydrogen-bond donors (Lipinski definition) is 3. The third-order valence-corrected chi connectivity index (χ3v) is 3.84. The first-order chi connectivity index (χ1) is 10.9. The zero-order chi connectivity index (χ0) is 16.8. The molecular weight excluding hydrogens is 326 g/mol. The molecule has 0 aliphatic heterocycles. The first-order valence-corrected chi connectivity index (χ1v) is 7.60. The second-order valence-electron chi connectivity index (χ2n) is 4.71. The van der Waals surface area contributed by atoms with E-state index in [1.54, 1.807) is 6.07 Å². The van der Waals surface area contributed by atoms with Crippen LogP contribution in [0.15, 0.2) is 36.4 Å². The van der Waals surface area contributed by atoms with Crippen LogP contribution in [0.25, 0.3) is 0 Å². The maximum Gasteiger partial charge on any atom is 0.387 e. The molecule has 2 amide bonds. The van der Waals surface area contributed by atoms with Gasteiger partial charge in [-0.05, 0) is 36.8 Å². The smallest absolute Gasteiger partial charge is 0.387 e. The summed E-state index contributed by atoms with van der Waals surface area (Å²) >= 11 is 1.44. The van der Waals surface area contributed by atoms with E-state index in [-0.39, 0.29) is 12.3 Å². The number of halogens is 2. The second-order valence-corrected chi connectivity index (χ2v) is 6.00. The Balaban J connectivity index is 1.81. The fourth-order valence-electron chi connectivity index (χ4n) is 1.84. The molecule has 1 heterocycles. The van der Waals surface area contributed by atoms with Gasteiger partial charge in [-0.1, -0.05) is 12.1 Å². The number of thiophene rings is 1. The topological polar surface area (TPSA) is 70.6 Å². The van der Waals surface area contributed by atoms with Crippen molar-refractivity contribution in [3.63, 3.8) is 0 Å². The number of alkyl halides is 2. The number of anilines is 1. The van der Waals surface area contributed by atoms with Crippen molar-refractivity contribution in [1.82, 2.24) is 5.32 Å². The number of nitrogens with one attached hydrogen (secondary N) is 2. The molecule has 2 rings (SSSR count). The summed E-state index contributed by atoms with van der Waals surface area (Å²) in [4.78, 5) is 12.8. The minimum Gasteiger partial charge on any atom is -0.435 e. The average molecular weight is 342 g/mol. The molecule has 124 valence electrons. The average Bonchev–Trinajstić information content (AvgIpc) is 2.90. The minimum absolute atomic E-state index is 0.00869. The Hall–Kier alpha value is -2.19. The lowest BCUT2D eigenvalue weighted by Crippen LogP contribution is -2.32. The number of aliphatic hydroxyl groups is 1. The molecule has 5 nitrogen and oxygen atoms in total. The SMILES string of the molecule is Cc1ccc(NC(=O)NCC(O)c2ccc(OC(F)F)cc2)s1. The van der Waals surface area contributed by atoms with E-state index in [1.807, 2.05) is 13.0 Å². The van der Waals surface area contributed by atoms with Gasteiger partial charge in [-0.2, -0.15) is 8.78 Å². The van der Waals surface area contributed by atoms with Crippen molar-refractivity contribution in [2.45, 2.75) is 19.6 Å². The van der Waals surface area contributed by atoms with Crippen LogP contribution in [-0.4, -0.2) is 24.3 Å². The van der Waals surface area contributed by atoms with E-state index >= 15 is 0 Å². The summed E-state index contributed by atoms with van der Waals surface area (Å²) < 4.78 is 28.3. The number of urea groups is 1. The number of aliphatic hydroxyl groups excluding tert-OH is 1. The molecule has 0 bridgehead atoms. The van der Waals surface area contributed by atoms with Gasteiger partial charge in [0.2, 0.25) is 0 Å². The summed E-state index contributed by atoms with van der Waals surface area (Å²) in [6, 6.07) is 8.84. The van der Waals surface area contributed by atoms with Crippen molar-refractivity contribution in [3.05, 3.63) is 46.8 Å². The van der Waals surface area contributed by atoms with Crippen LogP contribution in [0, 0.1) is 6.92 Å². The van der Waals surface area contributed by atoms with Gasteiger partial charge in [-0.25, -0.2) is 4.79 Å². The van der Waals surface area contributed by atoms with Crippen molar-refractivity contribution in [2.24, 2.45) is 0 Å². The zero-order valence-corrected chi connectivity index (χ0v) is 13.1. The summed E-state index contributed by atoms with van der Waals surface area (Å²) in [6.07, 6.45) is -0.952. The predicted octanol–water partition coefficient (Wildman–Crippen LogP) is 3.51. The fourth-order valence-corrected chi connectivity index (χ4v) is 2.60. The molecule has 0 aliphatic rings. The Morgan fingerprint density at radius 2 is 1.96 bits per heavy atom. The van der Waals surface area contributed by atoms with Gasteiger partial charge < -0.3 is 15.2 Å². The van der Waals surface area contributed by atoms with E-state index in [4.69, 9.17) is 0 Å². The van der Waals surface area contributed by atoms with Crippen LogP contribution in [0.2, 0.25) is 0 Å². The molecule has 2 aromatic rings. The summed E-state index contributed by atoms with van der Waals surface area (Å²) in [5.74, 6) is 0.00900. The number of carbonyl (C=O) groups excluding carboxylic acids is 1. The Labute approximate surface area is 135 Å². The lowest BCUT2D eigenvalue weighted by atomic mass is 10.1. The minimum atomic E-state index is -2.89. The fraction of sp³-hybridized carbons (Fsp3) is 0.267. The molecule has 23 heavy (non-hydrogen) atoms. The first-order valence-electron chi connectivity index (χ1n) is 6.78. The van der Waals surface area contributed by atoms with Crippen molar-refractivity contribution in [1.29, 1.82) is 0 Å². The molecule has 0 aliphatic carbocycles. The van der Waals surface area contributed by atoms with Crippen molar-refractivity contribution >= 4 is 22.4 Å². The molecule has 0 fully saturated rings. The summed E-state index contributed by atoms with van der Waals surface area (Å²) in [5, 5.41) is 15.9. The summed E-state index contributed by atoms with van der Waals surface area (Å²) in [6.45, 7) is -0.971. The molecule has 0 radical (unpaired) electrons. The van der Waals surface area contributed by atoms with E-state index in [9.17, 15) is 18.7 Å². The molecule has 1 aromatic carbocycles. The maximum atomic E-state index is 12.0. The van der Waals surface area contributed by atoms with Crippen LogP contribution in [0.3, 0.4) is 0 Å². The van der Waals surface area contributed by atoms with Crippen molar-refractivity contribution < 1.29 is 23.4 Å². The molecule has 1 atom stereocenters. The van der Waals surface area contributed by atoms with Crippen LogP contribution < -0.4 is 15.4 Å². The van der Waals surface area contributed by atoms with Crippen LogP contribution >= 0.6 is 11.3 Å². The molecule has 8 heteroatoms. The largest absolute Gasteiger partial charge is 0.435 e. The molecular formula is C15H16F2N2O3S. The van der Waals surface area contributed by atoms with Gasteiger partial charge in [0, 0.05) is 11.4 Å². The Morgan fingerprint density at radius 3 is 2.52 bits per heavy atom. The number of rotatable bonds is 6. The highest BCUT2D eigenvalue weighted by Crippen LogP contribution is 2.21. The van der Waals surface area contributed by atoms with E-state index in [0.717, 1.165) is 4.88 Å². The van der Waals surface area contributed by atoms with Gasteiger partial charge in [-0.15, -0.1) is 11.3 Å². The van der Waals surface area contributed by atoms with Gasteiger partial charge in [0.05, 0.1) is 11.1 Å². The number of ether oxygens (including phenoxy) is 1. The molecule has 3 N–H and O–H groups in total.